The maximum absolute atomic E-state index is 13.2. The van der Waals surface area contributed by atoms with E-state index in [4.69, 9.17) is 10.5 Å². The van der Waals surface area contributed by atoms with E-state index in [1.165, 1.54) is 6.07 Å². The van der Waals surface area contributed by atoms with E-state index in [1.807, 2.05) is 31.2 Å². The Morgan fingerprint density at radius 1 is 1.26 bits per heavy atom. The van der Waals surface area contributed by atoms with Crippen LogP contribution >= 0.6 is 15.9 Å². The van der Waals surface area contributed by atoms with Gasteiger partial charge in [0.05, 0.1) is 4.47 Å². The van der Waals surface area contributed by atoms with Gasteiger partial charge in [0.2, 0.25) is 0 Å². The van der Waals surface area contributed by atoms with E-state index in [0.29, 0.717) is 16.0 Å². The van der Waals surface area contributed by atoms with Crippen LogP contribution in [0.4, 0.5) is 4.39 Å². The van der Waals surface area contributed by atoms with E-state index in [1.54, 1.807) is 12.1 Å². The molecule has 0 unspecified atom stereocenters. The van der Waals surface area contributed by atoms with E-state index < -0.39 is 0 Å². The van der Waals surface area contributed by atoms with Crippen LogP contribution in [0.25, 0.3) is 0 Å². The molecular formula is C15H15BrFNO. The molecule has 0 aromatic heterocycles. The molecule has 1 atom stereocenters. The summed E-state index contributed by atoms with van der Waals surface area (Å²) in [5, 5.41) is 0. The van der Waals surface area contributed by atoms with Gasteiger partial charge < -0.3 is 10.5 Å². The Morgan fingerprint density at radius 3 is 2.68 bits per heavy atom. The molecule has 2 aromatic rings. The summed E-state index contributed by atoms with van der Waals surface area (Å²) in [7, 11) is 0. The Labute approximate surface area is 120 Å². The van der Waals surface area contributed by atoms with Gasteiger partial charge in [-0.1, -0.05) is 25.1 Å². The molecule has 2 rings (SSSR count). The number of ether oxygens (including phenoxy) is 1. The van der Waals surface area contributed by atoms with E-state index >= 15 is 0 Å². The summed E-state index contributed by atoms with van der Waals surface area (Å²) >= 11 is 3.14. The SMILES string of the molecule is CC[C@H](N)c1ccccc1Oc1ccc(F)c(Br)c1. The molecule has 0 heterocycles. The Kier molecular flexibility index (Phi) is 4.56. The first kappa shape index (κ1) is 14.0. The maximum Gasteiger partial charge on any atom is 0.137 e. The third-order valence-corrected chi connectivity index (χ3v) is 3.48. The Bertz CT molecular complexity index is 574. The minimum absolute atomic E-state index is 0.0694. The molecule has 0 aliphatic rings. The smallest absolute Gasteiger partial charge is 0.137 e. The van der Waals surface area contributed by atoms with Gasteiger partial charge in [-0.3, -0.25) is 0 Å². The van der Waals surface area contributed by atoms with Gasteiger partial charge in [0.1, 0.15) is 17.3 Å². The maximum atomic E-state index is 13.2. The first-order valence-electron chi connectivity index (χ1n) is 6.09. The molecule has 2 aromatic carbocycles. The predicted molar refractivity (Wildman–Crippen MR) is 77.8 cm³/mol. The van der Waals surface area contributed by atoms with Gasteiger partial charge in [0.15, 0.2) is 0 Å². The molecule has 0 fully saturated rings. The lowest BCUT2D eigenvalue weighted by Gasteiger charge is -2.15. The van der Waals surface area contributed by atoms with Crippen molar-refractivity contribution in [2.45, 2.75) is 19.4 Å². The second kappa shape index (κ2) is 6.17. The molecule has 100 valence electrons. The van der Waals surface area contributed by atoms with Gasteiger partial charge in [-0.05, 0) is 46.6 Å². The molecule has 0 aliphatic heterocycles. The number of hydrogen-bond acceptors (Lipinski definition) is 2. The normalized spacial score (nSPS) is 12.2. The molecule has 19 heavy (non-hydrogen) atoms. The molecule has 0 saturated carbocycles. The first-order chi connectivity index (χ1) is 9.11. The third kappa shape index (κ3) is 3.33. The van der Waals surface area contributed by atoms with Crippen molar-refractivity contribution in [2.75, 3.05) is 0 Å². The standard InChI is InChI=1S/C15H15BrFNO/c1-2-14(18)11-5-3-4-6-15(11)19-10-7-8-13(17)12(16)9-10/h3-9,14H,2,18H2,1H3/t14-/m0/s1. The third-order valence-electron chi connectivity index (χ3n) is 2.88. The van der Waals surface area contributed by atoms with Crippen LogP contribution in [0.5, 0.6) is 11.5 Å². The molecule has 0 spiro atoms. The van der Waals surface area contributed by atoms with E-state index in [9.17, 15) is 4.39 Å². The summed E-state index contributed by atoms with van der Waals surface area (Å²) in [5.74, 6) is 0.963. The van der Waals surface area contributed by atoms with Crippen molar-refractivity contribution in [3.8, 4) is 11.5 Å². The van der Waals surface area contributed by atoms with Crippen molar-refractivity contribution < 1.29 is 9.13 Å². The summed E-state index contributed by atoms with van der Waals surface area (Å²) in [6.07, 6.45) is 0.827. The molecule has 0 bridgehead atoms. The molecule has 0 saturated heterocycles. The molecule has 0 radical (unpaired) electrons. The number of rotatable bonds is 4. The lowest BCUT2D eigenvalue weighted by Crippen LogP contribution is -2.09. The van der Waals surface area contributed by atoms with Crippen molar-refractivity contribution in [1.29, 1.82) is 0 Å². The second-order valence-electron chi connectivity index (χ2n) is 4.23. The summed E-state index contributed by atoms with van der Waals surface area (Å²) in [5.41, 5.74) is 7.00. The van der Waals surface area contributed by atoms with Crippen molar-refractivity contribution >= 4 is 15.9 Å². The summed E-state index contributed by atoms with van der Waals surface area (Å²) < 4.78 is 19.3. The fourth-order valence-corrected chi connectivity index (χ4v) is 2.12. The zero-order valence-electron chi connectivity index (χ0n) is 10.6. The first-order valence-corrected chi connectivity index (χ1v) is 6.88. The fourth-order valence-electron chi connectivity index (χ4n) is 1.77. The number of hydrogen-bond donors (Lipinski definition) is 1. The predicted octanol–water partition coefficient (Wildman–Crippen LogP) is 4.79. The van der Waals surface area contributed by atoms with Crippen molar-refractivity contribution in [3.05, 3.63) is 58.3 Å². The lowest BCUT2D eigenvalue weighted by atomic mass is 10.0. The highest BCUT2D eigenvalue weighted by Crippen LogP contribution is 2.31. The van der Waals surface area contributed by atoms with E-state index in [2.05, 4.69) is 15.9 Å². The molecule has 0 aliphatic carbocycles. The van der Waals surface area contributed by atoms with Crippen molar-refractivity contribution in [1.82, 2.24) is 0 Å². The highest BCUT2D eigenvalue weighted by atomic mass is 79.9. The summed E-state index contributed by atoms with van der Waals surface area (Å²) in [6.45, 7) is 2.02. The molecule has 2 nitrogen and oxygen atoms in total. The Morgan fingerprint density at radius 2 is 2.00 bits per heavy atom. The number of halogens is 2. The minimum Gasteiger partial charge on any atom is -0.457 e. The van der Waals surface area contributed by atoms with Crippen LogP contribution in [-0.4, -0.2) is 0 Å². The zero-order valence-corrected chi connectivity index (χ0v) is 12.2. The summed E-state index contributed by atoms with van der Waals surface area (Å²) in [6, 6.07) is 12.1. The van der Waals surface area contributed by atoms with E-state index in [-0.39, 0.29) is 11.9 Å². The van der Waals surface area contributed by atoms with Crippen LogP contribution in [0, 0.1) is 5.82 Å². The largest absolute Gasteiger partial charge is 0.457 e. The van der Waals surface area contributed by atoms with Gasteiger partial charge in [-0.2, -0.15) is 0 Å². The minimum atomic E-state index is -0.314. The van der Waals surface area contributed by atoms with Gasteiger partial charge in [0.25, 0.3) is 0 Å². The average molecular weight is 324 g/mol. The highest BCUT2D eigenvalue weighted by molar-refractivity contribution is 9.10. The molecular weight excluding hydrogens is 309 g/mol. The number of para-hydroxylation sites is 1. The molecule has 2 N–H and O–H groups in total. The number of nitrogens with two attached hydrogens (primary N) is 1. The summed E-state index contributed by atoms with van der Waals surface area (Å²) in [4.78, 5) is 0. The Balaban J connectivity index is 2.30. The lowest BCUT2D eigenvalue weighted by molar-refractivity contribution is 0.466. The number of benzene rings is 2. The van der Waals surface area contributed by atoms with Gasteiger partial charge >= 0.3 is 0 Å². The van der Waals surface area contributed by atoms with Crippen LogP contribution in [0.2, 0.25) is 0 Å². The van der Waals surface area contributed by atoms with Crippen LogP contribution < -0.4 is 10.5 Å². The van der Waals surface area contributed by atoms with Gasteiger partial charge in [0, 0.05) is 11.6 Å². The Hall–Kier alpha value is -1.39. The topological polar surface area (TPSA) is 35.2 Å². The van der Waals surface area contributed by atoms with Crippen molar-refractivity contribution in [3.63, 3.8) is 0 Å². The highest BCUT2D eigenvalue weighted by Gasteiger charge is 2.11. The average Bonchev–Trinajstić information content (AvgIpc) is 2.43. The van der Waals surface area contributed by atoms with Crippen LogP contribution in [-0.2, 0) is 0 Å². The quantitative estimate of drug-likeness (QED) is 0.877. The van der Waals surface area contributed by atoms with Crippen LogP contribution in [0.3, 0.4) is 0 Å². The van der Waals surface area contributed by atoms with Crippen LogP contribution in [0.1, 0.15) is 24.9 Å². The molecule has 0 amide bonds. The fraction of sp³-hybridized carbons (Fsp3) is 0.200. The van der Waals surface area contributed by atoms with Crippen molar-refractivity contribution in [2.24, 2.45) is 5.73 Å². The van der Waals surface area contributed by atoms with E-state index in [0.717, 1.165) is 12.0 Å². The van der Waals surface area contributed by atoms with Crippen LogP contribution in [0.15, 0.2) is 46.9 Å². The van der Waals surface area contributed by atoms with Gasteiger partial charge in [-0.25, -0.2) is 4.39 Å². The second-order valence-corrected chi connectivity index (χ2v) is 5.08. The molecule has 4 heteroatoms. The van der Waals surface area contributed by atoms with Gasteiger partial charge in [-0.15, -0.1) is 0 Å². The monoisotopic (exact) mass is 323 g/mol. The zero-order chi connectivity index (χ0) is 13.8.